The van der Waals surface area contributed by atoms with Crippen LogP contribution >= 0.6 is 12.2 Å². The molecule has 1 rings (SSSR count). The molecule has 0 saturated heterocycles. The average molecular weight is 244 g/mol. The molecule has 0 heterocycles. The normalized spacial score (nSPS) is 10.4. The first-order valence-corrected chi connectivity index (χ1v) is 5.37. The summed E-state index contributed by atoms with van der Waals surface area (Å²) in [5.74, 6) is 0. The monoisotopic (exact) mass is 244 g/mol. The third-order valence-electron chi connectivity index (χ3n) is 2.11. The van der Waals surface area contributed by atoms with E-state index in [0.29, 0.717) is 18.0 Å². The Hall–Kier alpha value is -1.23. The zero-order chi connectivity index (χ0) is 12.0. The van der Waals surface area contributed by atoms with Crippen LogP contribution in [0.25, 0.3) is 0 Å². The van der Waals surface area contributed by atoms with Crippen LogP contribution < -0.4 is 10.6 Å². The summed E-state index contributed by atoms with van der Waals surface area (Å²) < 4.78 is 24.8. The van der Waals surface area contributed by atoms with Crippen molar-refractivity contribution >= 4 is 22.9 Å². The lowest BCUT2D eigenvalue weighted by molar-refractivity contribution is 0.155. The van der Waals surface area contributed by atoms with E-state index in [1.54, 1.807) is 17.0 Å². The lowest BCUT2D eigenvalue weighted by atomic mass is 10.2. The van der Waals surface area contributed by atoms with Crippen LogP contribution in [0.5, 0.6) is 0 Å². The fourth-order valence-corrected chi connectivity index (χ4v) is 1.47. The minimum Gasteiger partial charge on any atom is -0.393 e. The zero-order valence-corrected chi connectivity index (χ0v) is 9.59. The number of nitrogens with zero attached hydrogens (tertiary/aromatic N) is 1. The van der Waals surface area contributed by atoms with Gasteiger partial charge in [0.15, 0.2) is 0 Å². The minimum absolute atomic E-state index is 0.299. The molecule has 0 bridgehead atoms. The second-order valence-corrected chi connectivity index (χ2v) is 3.91. The van der Waals surface area contributed by atoms with E-state index in [1.807, 2.05) is 18.2 Å². The van der Waals surface area contributed by atoms with Crippen molar-refractivity contribution in [1.29, 1.82) is 0 Å². The van der Waals surface area contributed by atoms with Crippen LogP contribution in [-0.4, -0.2) is 24.5 Å². The smallest absolute Gasteiger partial charge is 0.255 e. The SMILES string of the molecule is NC(=S)CCN(CC(F)F)c1ccccc1. The van der Waals surface area contributed by atoms with Gasteiger partial charge in [0.05, 0.1) is 11.5 Å². The number of nitrogens with two attached hydrogens (primary N) is 1. The predicted molar refractivity (Wildman–Crippen MR) is 66.1 cm³/mol. The third kappa shape index (κ3) is 4.53. The summed E-state index contributed by atoms with van der Waals surface area (Å²) in [7, 11) is 0. The molecule has 0 aromatic heterocycles. The molecule has 0 saturated carbocycles. The van der Waals surface area contributed by atoms with Gasteiger partial charge in [-0.05, 0) is 12.1 Å². The maximum Gasteiger partial charge on any atom is 0.255 e. The molecule has 0 spiro atoms. The van der Waals surface area contributed by atoms with Gasteiger partial charge in [-0.15, -0.1) is 0 Å². The molecule has 0 fully saturated rings. The van der Waals surface area contributed by atoms with Crippen LogP contribution in [0.15, 0.2) is 30.3 Å². The molecule has 1 aromatic carbocycles. The van der Waals surface area contributed by atoms with Gasteiger partial charge in [-0.3, -0.25) is 0 Å². The molecule has 0 radical (unpaired) electrons. The number of thiocarbonyl (C=S) groups is 1. The Morgan fingerprint density at radius 1 is 1.31 bits per heavy atom. The number of hydrogen-bond acceptors (Lipinski definition) is 2. The van der Waals surface area contributed by atoms with E-state index in [4.69, 9.17) is 18.0 Å². The molecule has 0 unspecified atom stereocenters. The Morgan fingerprint density at radius 2 is 1.94 bits per heavy atom. The van der Waals surface area contributed by atoms with Crippen LogP contribution in [0.3, 0.4) is 0 Å². The van der Waals surface area contributed by atoms with E-state index in [9.17, 15) is 8.78 Å². The van der Waals surface area contributed by atoms with Crippen LogP contribution in [0.2, 0.25) is 0 Å². The van der Waals surface area contributed by atoms with Crippen LogP contribution in [-0.2, 0) is 0 Å². The molecule has 88 valence electrons. The highest BCUT2D eigenvalue weighted by atomic mass is 32.1. The molecular formula is C11H14F2N2S. The van der Waals surface area contributed by atoms with E-state index in [-0.39, 0.29) is 6.54 Å². The number of anilines is 1. The van der Waals surface area contributed by atoms with Gasteiger partial charge in [-0.2, -0.15) is 0 Å². The van der Waals surface area contributed by atoms with E-state index in [2.05, 4.69) is 0 Å². The maximum absolute atomic E-state index is 12.4. The highest BCUT2D eigenvalue weighted by Crippen LogP contribution is 2.15. The standard InChI is InChI=1S/C11H14F2N2S/c12-10(13)8-15(7-6-11(14)16)9-4-2-1-3-5-9/h1-5,10H,6-8H2,(H2,14,16). The number of alkyl halides is 2. The Kier molecular flexibility index (Phi) is 5.11. The van der Waals surface area contributed by atoms with E-state index in [1.165, 1.54) is 0 Å². The van der Waals surface area contributed by atoms with Crippen molar-refractivity contribution < 1.29 is 8.78 Å². The molecular weight excluding hydrogens is 230 g/mol. The second kappa shape index (κ2) is 6.37. The Morgan fingerprint density at radius 3 is 2.44 bits per heavy atom. The summed E-state index contributed by atoms with van der Waals surface area (Å²) in [6, 6.07) is 9.06. The summed E-state index contributed by atoms with van der Waals surface area (Å²) in [4.78, 5) is 1.93. The summed E-state index contributed by atoms with van der Waals surface area (Å²) in [5, 5.41) is 0. The molecule has 0 aliphatic heterocycles. The molecule has 0 aliphatic rings. The Labute approximate surface area is 99.0 Å². The molecule has 0 atom stereocenters. The van der Waals surface area contributed by atoms with Gasteiger partial charge in [-0.25, -0.2) is 8.78 Å². The summed E-state index contributed by atoms with van der Waals surface area (Å²) in [6.07, 6.45) is -1.93. The number of benzene rings is 1. The Balaban J connectivity index is 2.67. The lowest BCUT2D eigenvalue weighted by Crippen LogP contribution is -2.31. The van der Waals surface area contributed by atoms with Crippen molar-refractivity contribution in [1.82, 2.24) is 0 Å². The average Bonchev–Trinajstić information content (AvgIpc) is 2.25. The minimum atomic E-state index is -2.37. The molecule has 2 nitrogen and oxygen atoms in total. The van der Waals surface area contributed by atoms with Gasteiger partial charge in [0.2, 0.25) is 0 Å². The number of rotatable bonds is 6. The van der Waals surface area contributed by atoms with Gasteiger partial charge in [0.25, 0.3) is 6.43 Å². The summed E-state index contributed by atoms with van der Waals surface area (Å²) in [5.41, 5.74) is 6.13. The Bertz CT molecular complexity index is 330. The van der Waals surface area contributed by atoms with Crippen molar-refractivity contribution in [2.45, 2.75) is 12.8 Å². The van der Waals surface area contributed by atoms with Crippen LogP contribution in [0.1, 0.15) is 6.42 Å². The molecule has 1 aromatic rings. The molecule has 5 heteroatoms. The molecule has 0 amide bonds. The summed E-state index contributed by atoms with van der Waals surface area (Å²) in [6.45, 7) is 0.121. The van der Waals surface area contributed by atoms with E-state index in [0.717, 1.165) is 5.69 Å². The second-order valence-electron chi connectivity index (χ2n) is 3.39. The van der Waals surface area contributed by atoms with E-state index >= 15 is 0 Å². The first kappa shape index (κ1) is 12.8. The van der Waals surface area contributed by atoms with Gasteiger partial charge in [-0.1, -0.05) is 30.4 Å². The van der Waals surface area contributed by atoms with E-state index < -0.39 is 6.43 Å². The number of hydrogen-bond donors (Lipinski definition) is 1. The summed E-state index contributed by atoms with van der Waals surface area (Å²) >= 11 is 4.74. The highest BCUT2D eigenvalue weighted by molar-refractivity contribution is 7.80. The van der Waals surface area contributed by atoms with Crippen molar-refractivity contribution in [2.24, 2.45) is 5.73 Å². The zero-order valence-electron chi connectivity index (χ0n) is 8.77. The third-order valence-corrected chi connectivity index (χ3v) is 2.31. The quantitative estimate of drug-likeness (QED) is 0.779. The molecule has 16 heavy (non-hydrogen) atoms. The first-order chi connectivity index (χ1) is 7.59. The van der Waals surface area contributed by atoms with Crippen molar-refractivity contribution in [3.8, 4) is 0 Å². The fourth-order valence-electron chi connectivity index (χ4n) is 1.38. The largest absolute Gasteiger partial charge is 0.393 e. The molecule has 0 aliphatic carbocycles. The van der Waals surface area contributed by atoms with Crippen LogP contribution in [0, 0.1) is 0 Å². The van der Waals surface area contributed by atoms with Crippen molar-refractivity contribution in [2.75, 3.05) is 18.0 Å². The predicted octanol–water partition coefficient (Wildman–Crippen LogP) is 2.43. The maximum atomic E-state index is 12.4. The lowest BCUT2D eigenvalue weighted by Gasteiger charge is -2.24. The van der Waals surface area contributed by atoms with Gasteiger partial charge < -0.3 is 10.6 Å². The topological polar surface area (TPSA) is 29.3 Å². The number of halogens is 2. The van der Waals surface area contributed by atoms with Gasteiger partial charge >= 0.3 is 0 Å². The van der Waals surface area contributed by atoms with Gasteiger partial charge in [0, 0.05) is 18.7 Å². The van der Waals surface area contributed by atoms with Gasteiger partial charge in [0.1, 0.15) is 0 Å². The fraction of sp³-hybridized carbons (Fsp3) is 0.364. The van der Waals surface area contributed by atoms with Crippen molar-refractivity contribution in [3.63, 3.8) is 0 Å². The van der Waals surface area contributed by atoms with Crippen molar-refractivity contribution in [3.05, 3.63) is 30.3 Å². The number of para-hydroxylation sites is 1. The molecule has 2 N–H and O–H groups in total. The first-order valence-electron chi connectivity index (χ1n) is 4.96. The van der Waals surface area contributed by atoms with Crippen LogP contribution in [0.4, 0.5) is 14.5 Å². The highest BCUT2D eigenvalue weighted by Gasteiger charge is 2.12.